The minimum Gasteiger partial charge on any atom is -0.326 e. The summed E-state index contributed by atoms with van der Waals surface area (Å²) in [4.78, 5) is 2.26. The van der Waals surface area contributed by atoms with E-state index in [4.69, 9.17) is 5.73 Å². The molecular formula is C11H25N3O2S. The molecule has 1 heterocycles. The summed E-state index contributed by atoms with van der Waals surface area (Å²) in [5.41, 5.74) is 6.11. The van der Waals surface area contributed by atoms with E-state index in [9.17, 15) is 8.42 Å². The maximum absolute atomic E-state index is 11.4. The molecule has 1 rings (SSSR count). The predicted octanol–water partition coefficient (Wildman–Crippen LogP) is -0.0630. The van der Waals surface area contributed by atoms with Gasteiger partial charge >= 0.3 is 0 Å². The van der Waals surface area contributed by atoms with E-state index < -0.39 is 10.0 Å². The molecule has 1 saturated heterocycles. The summed E-state index contributed by atoms with van der Waals surface area (Å²) < 4.78 is 24.2. The molecule has 2 atom stereocenters. The molecule has 0 amide bonds. The van der Waals surface area contributed by atoms with Crippen molar-refractivity contribution in [2.45, 2.75) is 26.3 Å². The molecule has 6 heteroatoms. The minimum absolute atomic E-state index is 0.185. The van der Waals surface area contributed by atoms with Crippen LogP contribution in [0.15, 0.2) is 0 Å². The first-order valence-electron chi connectivity index (χ1n) is 6.27. The van der Waals surface area contributed by atoms with Gasteiger partial charge in [0.05, 0.1) is 6.26 Å². The second kappa shape index (κ2) is 6.13. The second-order valence-electron chi connectivity index (χ2n) is 5.01. The largest absolute Gasteiger partial charge is 0.326 e. The Bertz CT molecular complexity index is 324. The third-order valence-corrected chi connectivity index (χ3v) is 4.95. The lowest BCUT2D eigenvalue weighted by atomic mass is 9.99. The van der Waals surface area contributed by atoms with E-state index in [-0.39, 0.29) is 6.04 Å². The predicted molar refractivity (Wildman–Crippen MR) is 70.3 cm³/mol. The van der Waals surface area contributed by atoms with Crippen molar-refractivity contribution in [3.63, 3.8) is 0 Å². The Kier molecular flexibility index (Phi) is 5.37. The Morgan fingerprint density at radius 1 is 1.24 bits per heavy atom. The molecule has 1 aliphatic heterocycles. The number of hydrogen-bond donors (Lipinski definition) is 1. The van der Waals surface area contributed by atoms with Gasteiger partial charge in [0, 0.05) is 38.8 Å². The molecule has 0 radical (unpaired) electrons. The van der Waals surface area contributed by atoms with Gasteiger partial charge < -0.3 is 5.73 Å². The van der Waals surface area contributed by atoms with Crippen molar-refractivity contribution in [3.05, 3.63) is 0 Å². The molecule has 17 heavy (non-hydrogen) atoms. The summed E-state index contributed by atoms with van der Waals surface area (Å²) >= 11 is 0. The first-order chi connectivity index (χ1) is 7.84. The fraction of sp³-hybridized carbons (Fsp3) is 1.00. The number of nitrogens with two attached hydrogens (primary N) is 1. The van der Waals surface area contributed by atoms with Crippen LogP contribution in [0.5, 0.6) is 0 Å². The highest BCUT2D eigenvalue weighted by Gasteiger charge is 2.24. The molecule has 0 saturated carbocycles. The quantitative estimate of drug-likeness (QED) is 0.754. The lowest BCUT2D eigenvalue weighted by Crippen LogP contribution is -2.52. The molecule has 1 fully saturated rings. The SMILES string of the molecule is CCC(C)C(N)CN1CCN(S(C)(=O)=O)CC1. The van der Waals surface area contributed by atoms with E-state index in [0.29, 0.717) is 19.0 Å². The van der Waals surface area contributed by atoms with E-state index in [2.05, 4.69) is 18.7 Å². The molecule has 0 bridgehead atoms. The van der Waals surface area contributed by atoms with Crippen molar-refractivity contribution in [3.8, 4) is 0 Å². The summed E-state index contributed by atoms with van der Waals surface area (Å²) in [5.74, 6) is 0.517. The minimum atomic E-state index is -3.02. The van der Waals surface area contributed by atoms with Crippen molar-refractivity contribution in [2.24, 2.45) is 11.7 Å². The molecular weight excluding hydrogens is 238 g/mol. The summed E-state index contributed by atoms with van der Waals surface area (Å²) in [6, 6.07) is 0.185. The summed E-state index contributed by atoms with van der Waals surface area (Å²) in [7, 11) is -3.02. The van der Waals surface area contributed by atoms with Crippen molar-refractivity contribution in [1.82, 2.24) is 9.21 Å². The highest BCUT2D eigenvalue weighted by atomic mass is 32.2. The van der Waals surface area contributed by atoms with Crippen molar-refractivity contribution < 1.29 is 8.42 Å². The Hall–Kier alpha value is -0.170. The number of hydrogen-bond acceptors (Lipinski definition) is 4. The van der Waals surface area contributed by atoms with Gasteiger partial charge in [-0.05, 0) is 5.92 Å². The van der Waals surface area contributed by atoms with Crippen LogP contribution in [-0.2, 0) is 10.0 Å². The van der Waals surface area contributed by atoms with Crippen LogP contribution < -0.4 is 5.73 Å². The van der Waals surface area contributed by atoms with Crippen LogP contribution in [0.1, 0.15) is 20.3 Å². The van der Waals surface area contributed by atoms with Crippen LogP contribution in [-0.4, -0.2) is 62.6 Å². The lowest BCUT2D eigenvalue weighted by Gasteiger charge is -2.35. The van der Waals surface area contributed by atoms with Gasteiger partial charge in [0.25, 0.3) is 0 Å². The normalized spacial score (nSPS) is 23.5. The highest BCUT2D eigenvalue weighted by molar-refractivity contribution is 7.88. The average molecular weight is 263 g/mol. The molecule has 0 aromatic heterocycles. The van der Waals surface area contributed by atoms with Gasteiger partial charge in [-0.25, -0.2) is 8.42 Å². The van der Waals surface area contributed by atoms with Crippen LogP contribution in [0.2, 0.25) is 0 Å². The van der Waals surface area contributed by atoms with Crippen LogP contribution in [0.4, 0.5) is 0 Å². The van der Waals surface area contributed by atoms with Gasteiger partial charge in [0.15, 0.2) is 0 Å². The highest BCUT2D eigenvalue weighted by Crippen LogP contribution is 2.10. The van der Waals surface area contributed by atoms with Gasteiger partial charge in [-0.15, -0.1) is 0 Å². The van der Waals surface area contributed by atoms with Crippen LogP contribution in [0.25, 0.3) is 0 Å². The van der Waals surface area contributed by atoms with E-state index in [1.54, 1.807) is 0 Å². The van der Waals surface area contributed by atoms with Gasteiger partial charge in [0.1, 0.15) is 0 Å². The topological polar surface area (TPSA) is 66.6 Å². The third kappa shape index (κ3) is 4.54. The van der Waals surface area contributed by atoms with Crippen molar-refractivity contribution in [1.29, 1.82) is 0 Å². The van der Waals surface area contributed by atoms with E-state index in [1.165, 1.54) is 10.6 Å². The molecule has 2 N–H and O–H groups in total. The first kappa shape index (κ1) is 14.9. The fourth-order valence-electron chi connectivity index (χ4n) is 2.02. The van der Waals surface area contributed by atoms with Gasteiger partial charge in [0.2, 0.25) is 10.0 Å². The average Bonchev–Trinajstić information content (AvgIpc) is 2.27. The maximum atomic E-state index is 11.4. The second-order valence-corrected chi connectivity index (χ2v) is 6.99. The van der Waals surface area contributed by atoms with Gasteiger partial charge in [-0.2, -0.15) is 4.31 Å². The Morgan fingerprint density at radius 3 is 2.18 bits per heavy atom. The Balaban J connectivity index is 2.38. The number of sulfonamides is 1. The smallest absolute Gasteiger partial charge is 0.211 e. The van der Waals surface area contributed by atoms with Crippen molar-refractivity contribution >= 4 is 10.0 Å². The summed E-state index contributed by atoms with van der Waals surface area (Å²) in [5, 5.41) is 0. The molecule has 5 nitrogen and oxygen atoms in total. The van der Waals surface area contributed by atoms with E-state index in [0.717, 1.165) is 26.1 Å². The molecule has 102 valence electrons. The maximum Gasteiger partial charge on any atom is 0.211 e. The fourth-order valence-corrected chi connectivity index (χ4v) is 2.85. The van der Waals surface area contributed by atoms with Gasteiger partial charge in [-0.1, -0.05) is 20.3 Å². The third-order valence-electron chi connectivity index (χ3n) is 3.64. The van der Waals surface area contributed by atoms with Crippen LogP contribution in [0.3, 0.4) is 0 Å². The number of rotatable bonds is 5. The Labute approximate surface area is 105 Å². The first-order valence-corrected chi connectivity index (χ1v) is 8.12. The monoisotopic (exact) mass is 263 g/mol. The van der Waals surface area contributed by atoms with Crippen molar-refractivity contribution in [2.75, 3.05) is 39.0 Å². The van der Waals surface area contributed by atoms with E-state index >= 15 is 0 Å². The zero-order valence-electron chi connectivity index (χ0n) is 11.1. The summed E-state index contributed by atoms with van der Waals surface area (Å²) in [6.45, 7) is 7.93. The Morgan fingerprint density at radius 2 is 1.76 bits per heavy atom. The molecule has 0 aromatic rings. The summed E-state index contributed by atoms with van der Waals surface area (Å²) in [6.07, 6.45) is 2.36. The van der Waals surface area contributed by atoms with Crippen LogP contribution in [0, 0.1) is 5.92 Å². The zero-order valence-corrected chi connectivity index (χ0v) is 11.9. The molecule has 1 aliphatic rings. The number of nitrogens with zero attached hydrogens (tertiary/aromatic N) is 2. The molecule has 0 aromatic carbocycles. The van der Waals surface area contributed by atoms with E-state index in [1.807, 2.05) is 0 Å². The number of piperazine rings is 1. The zero-order chi connectivity index (χ0) is 13.1. The lowest BCUT2D eigenvalue weighted by molar-refractivity contribution is 0.168. The molecule has 2 unspecified atom stereocenters. The molecule has 0 spiro atoms. The van der Waals surface area contributed by atoms with Gasteiger partial charge in [-0.3, -0.25) is 4.90 Å². The molecule has 0 aliphatic carbocycles. The van der Waals surface area contributed by atoms with Crippen LogP contribution >= 0.6 is 0 Å². The standard InChI is InChI=1S/C11H25N3O2S/c1-4-10(2)11(12)9-13-5-7-14(8-6-13)17(3,15)16/h10-11H,4-9,12H2,1-3H3.